The topological polar surface area (TPSA) is 61.4 Å². The molecular formula is C39H41Cl2N3O2. The molecule has 4 aromatic carbocycles. The van der Waals surface area contributed by atoms with E-state index in [2.05, 4.69) is 33.7 Å². The second kappa shape index (κ2) is 15.0. The lowest BCUT2D eigenvalue weighted by molar-refractivity contribution is 0.0585. The fraction of sp³-hybridized carbons (Fsp3) is 0.333. The molecule has 0 bridgehead atoms. The van der Waals surface area contributed by atoms with Crippen molar-refractivity contribution in [1.29, 1.82) is 0 Å². The van der Waals surface area contributed by atoms with E-state index in [0.29, 0.717) is 22.0 Å². The van der Waals surface area contributed by atoms with Crippen LogP contribution in [0.1, 0.15) is 70.0 Å². The number of benzene rings is 4. The van der Waals surface area contributed by atoms with E-state index in [0.717, 1.165) is 68.6 Å². The van der Waals surface area contributed by atoms with E-state index in [1.165, 1.54) is 0 Å². The zero-order chi connectivity index (χ0) is 31.9. The molecule has 2 saturated heterocycles. The van der Waals surface area contributed by atoms with E-state index in [4.69, 9.17) is 23.2 Å². The standard InChI is InChI=1S/C39H41Cl2N3O2/c40-34-19-18-30(25-35(34)41)36(26-33(31-15-10-22-42-27-31)37(45)28-11-4-1-5-12-28)44-23-20-39(21-24-44,32-16-8-3-9-17-32)43-38(46)29-13-6-2-7-14-29/h1-9,11-14,16-19,25,31,33,36,42H,10,15,20-24,26-27H2,(H,43,46). The highest BCUT2D eigenvalue weighted by atomic mass is 35.5. The third kappa shape index (κ3) is 7.39. The van der Waals surface area contributed by atoms with E-state index < -0.39 is 5.54 Å². The maximum Gasteiger partial charge on any atom is 0.251 e. The molecule has 2 aliphatic heterocycles. The largest absolute Gasteiger partial charge is 0.342 e. The van der Waals surface area contributed by atoms with Crippen molar-refractivity contribution in [3.05, 3.63) is 141 Å². The molecule has 3 unspecified atom stereocenters. The van der Waals surface area contributed by atoms with Crippen molar-refractivity contribution in [3.8, 4) is 0 Å². The number of nitrogens with one attached hydrogen (secondary N) is 2. The Morgan fingerprint density at radius 1 is 0.826 bits per heavy atom. The highest BCUT2D eigenvalue weighted by Crippen LogP contribution is 2.41. The van der Waals surface area contributed by atoms with Gasteiger partial charge in [0, 0.05) is 36.2 Å². The van der Waals surface area contributed by atoms with Crippen molar-refractivity contribution in [3.63, 3.8) is 0 Å². The van der Waals surface area contributed by atoms with Crippen LogP contribution in [-0.2, 0) is 5.54 Å². The zero-order valence-corrected chi connectivity index (χ0v) is 27.5. The number of Topliss-reactive ketones (excluding diaryl/α,β-unsaturated/α-hetero) is 1. The first-order valence-corrected chi connectivity index (χ1v) is 17.1. The summed E-state index contributed by atoms with van der Waals surface area (Å²) in [6.45, 7) is 3.30. The van der Waals surface area contributed by atoms with Crippen LogP contribution < -0.4 is 10.6 Å². The number of hydrogen-bond acceptors (Lipinski definition) is 4. The number of piperidine rings is 2. The second-order valence-electron chi connectivity index (χ2n) is 12.7. The lowest BCUT2D eigenvalue weighted by Gasteiger charge is -2.46. The lowest BCUT2D eigenvalue weighted by atomic mass is 9.75. The fourth-order valence-electron chi connectivity index (χ4n) is 7.35. The van der Waals surface area contributed by atoms with Gasteiger partial charge in [-0.15, -0.1) is 0 Å². The van der Waals surface area contributed by atoms with Crippen LogP contribution in [0, 0.1) is 11.8 Å². The number of halogens is 2. The molecular weight excluding hydrogens is 613 g/mol. The Morgan fingerprint density at radius 3 is 2.07 bits per heavy atom. The third-order valence-corrected chi connectivity index (χ3v) is 10.7. The van der Waals surface area contributed by atoms with Gasteiger partial charge in [-0.3, -0.25) is 14.5 Å². The first kappa shape index (κ1) is 32.5. The number of hydrogen-bond donors (Lipinski definition) is 2. The number of ketones is 1. The van der Waals surface area contributed by atoms with Crippen molar-refractivity contribution in [1.82, 2.24) is 15.5 Å². The van der Waals surface area contributed by atoms with Gasteiger partial charge in [-0.05, 0) is 86.5 Å². The number of carbonyl (C=O) groups is 2. The van der Waals surface area contributed by atoms with Crippen LogP contribution in [0.3, 0.4) is 0 Å². The molecule has 3 atom stereocenters. The average Bonchev–Trinajstić information content (AvgIpc) is 3.12. The number of amides is 1. The van der Waals surface area contributed by atoms with E-state index in [-0.39, 0.29) is 29.6 Å². The summed E-state index contributed by atoms with van der Waals surface area (Å²) in [6, 6.07) is 35.3. The van der Waals surface area contributed by atoms with Gasteiger partial charge in [0.05, 0.1) is 15.6 Å². The first-order valence-electron chi connectivity index (χ1n) is 16.4. The van der Waals surface area contributed by atoms with Crippen molar-refractivity contribution < 1.29 is 9.59 Å². The van der Waals surface area contributed by atoms with Crippen LogP contribution >= 0.6 is 23.2 Å². The molecule has 4 aromatic rings. The molecule has 1 amide bonds. The summed E-state index contributed by atoms with van der Waals surface area (Å²) in [4.78, 5) is 30.2. The molecule has 238 valence electrons. The lowest BCUT2D eigenvalue weighted by Crippen LogP contribution is -2.54. The number of rotatable bonds is 10. The van der Waals surface area contributed by atoms with Gasteiger partial charge in [0.1, 0.15) is 0 Å². The van der Waals surface area contributed by atoms with Gasteiger partial charge in [-0.2, -0.15) is 0 Å². The summed E-state index contributed by atoms with van der Waals surface area (Å²) in [7, 11) is 0. The Balaban J connectivity index is 1.31. The van der Waals surface area contributed by atoms with Gasteiger partial charge in [0.2, 0.25) is 0 Å². The minimum absolute atomic E-state index is 0.0482. The van der Waals surface area contributed by atoms with E-state index in [1.807, 2.05) is 91.0 Å². The monoisotopic (exact) mass is 653 g/mol. The van der Waals surface area contributed by atoms with Gasteiger partial charge in [0.25, 0.3) is 5.91 Å². The number of likely N-dealkylation sites (tertiary alicyclic amines) is 1. The highest BCUT2D eigenvalue weighted by Gasteiger charge is 2.41. The minimum atomic E-state index is -0.514. The van der Waals surface area contributed by atoms with E-state index >= 15 is 0 Å². The molecule has 0 saturated carbocycles. The molecule has 0 radical (unpaired) electrons. The predicted octanol–water partition coefficient (Wildman–Crippen LogP) is 8.34. The van der Waals surface area contributed by atoms with Gasteiger partial charge in [-0.1, -0.05) is 108 Å². The fourth-order valence-corrected chi connectivity index (χ4v) is 7.65. The van der Waals surface area contributed by atoms with E-state index in [1.54, 1.807) is 0 Å². The van der Waals surface area contributed by atoms with Gasteiger partial charge in [-0.25, -0.2) is 0 Å². The third-order valence-electron chi connectivity index (χ3n) is 9.91. The Morgan fingerprint density at radius 2 is 1.46 bits per heavy atom. The van der Waals surface area contributed by atoms with Crippen molar-refractivity contribution in [2.24, 2.45) is 11.8 Å². The molecule has 5 nitrogen and oxygen atoms in total. The summed E-state index contributed by atoms with van der Waals surface area (Å²) >= 11 is 13.0. The van der Waals surface area contributed by atoms with Crippen LogP contribution in [-0.4, -0.2) is 42.8 Å². The quantitative estimate of drug-likeness (QED) is 0.169. The molecule has 0 aliphatic carbocycles. The zero-order valence-electron chi connectivity index (χ0n) is 26.0. The molecule has 2 heterocycles. The van der Waals surface area contributed by atoms with E-state index in [9.17, 15) is 9.59 Å². The molecule has 0 spiro atoms. The summed E-state index contributed by atoms with van der Waals surface area (Å²) < 4.78 is 0. The molecule has 2 aliphatic rings. The Labute approximate surface area is 282 Å². The van der Waals surface area contributed by atoms with Crippen molar-refractivity contribution >= 4 is 34.9 Å². The smallest absolute Gasteiger partial charge is 0.251 e. The van der Waals surface area contributed by atoms with Crippen LogP contribution in [0.5, 0.6) is 0 Å². The van der Waals surface area contributed by atoms with Gasteiger partial charge < -0.3 is 10.6 Å². The van der Waals surface area contributed by atoms with Gasteiger partial charge in [0.15, 0.2) is 5.78 Å². The van der Waals surface area contributed by atoms with Gasteiger partial charge >= 0.3 is 0 Å². The summed E-state index contributed by atoms with van der Waals surface area (Å²) in [5.74, 6) is 0.209. The summed E-state index contributed by atoms with van der Waals surface area (Å²) in [5, 5.41) is 8.02. The van der Waals surface area contributed by atoms with Crippen molar-refractivity contribution in [2.45, 2.75) is 43.7 Å². The first-order chi connectivity index (χ1) is 22.4. The normalized spacial score (nSPS) is 19.6. The number of nitrogens with zero attached hydrogens (tertiary/aromatic N) is 1. The Kier molecular flexibility index (Phi) is 10.6. The molecule has 0 aromatic heterocycles. The summed E-state index contributed by atoms with van der Waals surface area (Å²) in [6.07, 6.45) is 4.22. The maximum absolute atomic E-state index is 14.2. The molecule has 2 N–H and O–H groups in total. The number of carbonyl (C=O) groups excluding carboxylic acids is 2. The predicted molar refractivity (Wildman–Crippen MR) is 187 cm³/mol. The SMILES string of the molecule is O=C(NC1(c2ccccc2)CCN(C(CC(C(=O)c2ccccc2)C2CCCNC2)c2ccc(Cl)c(Cl)c2)CC1)c1ccccc1. The second-order valence-corrected chi connectivity index (χ2v) is 13.5. The Hall–Kier alpha value is -3.48. The maximum atomic E-state index is 14.2. The minimum Gasteiger partial charge on any atom is -0.342 e. The molecule has 6 rings (SSSR count). The highest BCUT2D eigenvalue weighted by molar-refractivity contribution is 6.42. The van der Waals surface area contributed by atoms with Crippen LogP contribution in [0.15, 0.2) is 109 Å². The average molecular weight is 655 g/mol. The molecule has 7 heteroatoms. The molecule has 2 fully saturated rings. The summed E-state index contributed by atoms with van der Waals surface area (Å²) in [5.41, 5.74) is 3.06. The Bertz CT molecular complexity index is 1600. The van der Waals surface area contributed by atoms with Crippen LogP contribution in [0.25, 0.3) is 0 Å². The van der Waals surface area contributed by atoms with Crippen LogP contribution in [0.2, 0.25) is 10.0 Å². The van der Waals surface area contributed by atoms with Crippen LogP contribution in [0.4, 0.5) is 0 Å². The molecule has 46 heavy (non-hydrogen) atoms. The van der Waals surface area contributed by atoms with Crippen molar-refractivity contribution in [2.75, 3.05) is 26.2 Å².